The predicted molar refractivity (Wildman–Crippen MR) is 128 cm³/mol. The summed E-state index contributed by atoms with van der Waals surface area (Å²) < 4.78 is 11.6. The van der Waals surface area contributed by atoms with Crippen molar-refractivity contribution in [1.82, 2.24) is 10.2 Å². The fourth-order valence-electron chi connectivity index (χ4n) is 2.67. The van der Waals surface area contributed by atoms with Crippen LogP contribution in [0.4, 0.5) is 16.5 Å². The van der Waals surface area contributed by atoms with E-state index in [-0.39, 0.29) is 11.7 Å². The summed E-state index contributed by atoms with van der Waals surface area (Å²) in [6, 6.07) is 24.3. The third kappa shape index (κ3) is 6.22. The average molecular weight is 465 g/mol. The number of anilines is 3. The maximum absolute atomic E-state index is 12.3. The first-order valence-electron chi connectivity index (χ1n) is 9.68. The van der Waals surface area contributed by atoms with Gasteiger partial charge in [-0.25, -0.2) is 0 Å². The van der Waals surface area contributed by atoms with Crippen LogP contribution in [0.15, 0.2) is 83.2 Å². The lowest BCUT2D eigenvalue weighted by Crippen LogP contribution is -2.13. The molecule has 7 nitrogen and oxygen atoms in total. The van der Waals surface area contributed by atoms with Gasteiger partial charge in [0.25, 0.3) is 0 Å². The Balaban J connectivity index is 1.24. The first-order chi connectivity index (χ1) is 15.7. The Labute approximate surface area is 193 Å². The number of aromatic nitrogens is 2. The summed E-state index contributed by atoms with van der Waals surface area (Å²) in [5.74, 6) is 2.37. The van der Waals surface area contributed by atoms with Crippen molar-refractivity contribution in [2.24, 2.45) is 0 Å². The lowest BCUT2D eigenvalue weighted by Gasteiger charge is -2.07. The summed E-state index contributed by atoms with van der Waals surface area (Å²) in [7, 11) is 1.63. The molecule has 0 saturated carbocycles. The number of carbonyl (C=O) groups is 1. The quantitative estimate of drug-likeness (QED) is 0.302. The predicted octanol–water partition coefficient (Wildman–Crippen LogP) is 5.81. The van der Waals surface area contributed by atoms with Gasteiger partial charge < -0.3 is 20.1 Å². The molecule has 32 heavy (non-hydrogen) atoms. The number of thioether (sulfide) groups is 1. The SMILES string of the molecule is COc1ccc(Nc2nnc(SCC(=O)Nc3ccc(Oc4ccccc4)cc3)s2)cc1. The minimum Gasteiger partial charge on any atom is -0.497 e. The zero-order chi connectivity index (χ0) is 22.2. The average Bonchev–Trinajstić information content (AvgIpc) is 3.27. The van der Waals surface area contributed by atoms with Crippen LogP contribution in [-0.4, -0.2) is 29.0 Å². The van der Waals surface area contributed by atoms with Gasteiger partial charge in [0, 0.05) is 11.4 Å². The minimum atomic E-state index is -0.119. The number of amides is 1. The minimum absolute atomic E-state index is 0.119. The molecule has 162 valence electrons. The molecule has 0 aliphatic rings. The van der Waals surface area contributed by atoms with Gasteiger partial charge >= 0.3 is 0 Å². The normalized spacial score (nSPS) is 10.4. The number of methoxy groups -OCH3 is 1. The second kappa shape index (κ2) is 10.7. The maximum atomic E-state index is 12.3. The van der Waals surface area contributed by atoms with Crippen LogP contribution in [0.2, 0.25) is 0 Å². The van der Waals surface area contributed by atoms with Gasteiger partial charge in [-0.15, -0.1) is 10.2 Å². The van der Waals surface area contributed by atoms with E-state index in [1.807, 2.05) is 78.9 Å². The van der Waals surface area contributed by atoms with Crippen LogP contribution in [0.25, 0.3) is 0 Å². The first kappa shape index (κ1) is 21.7. The van der Waals surface area contributed by atoms with Gasteiger partial charge in [0.05, 0.1) is 12.9 Å². The standard InChI is InChI=1S/C23H20N4O3S2/c1-29-18-11-7-17(8-12-18)25-22-26-27-23(32-22)31-15-21(28)24-16-9-13-20(14-10-16)30-19-5-3-2-4-6-19/h2-14H,15H2,1H3,(H,24,28)(H,25,26). The first-order valence-corrected chi connectivity index (χ1v) is 11.5. The molecule has 0 unspecified atom stereocenters. The van der Waals surface area contributed by atoms with Crippen molar-refractivity contribution < 1.29 is 14.3 Å². The van der Waals surface area contributed by atoms with Crippen molar-refractivity contribution in [1.29, 1.82) is 0 Å². The lowest BCUT2D eigenvalue weighted by molar-refractivity contribution is -0.113. The second-order valence-corrected chi connectivity index (χ2v) is 8.70. The molecule has 1 amide bonds. The number of rotatable bonds is 9. The number of nitrogens with one attached hydrogen (secondary N) is 2. The molecule has 0 atom stereocenters. The molecule has 0 radical (unpaired) electrons. The van der Waals surface area contributed by atoms with E-state index in [1.54, 1.807) is 7.11 Å². The van der Waals surface area contributed by atoms with E-state index < -0.39 is 0 Å². The molecule has 0 aliphatic heterocycles. The van der Waals surface area contributed by atoms with Crippen molar-refractivity contribution in [3.63, 3.8) is 0 Å². The van der Waals surface area contributed by atoms with Crippen molar-refractivity contribution in [2.75, 3.05) is 23.5 Å². The molecular weight excluding hydrogens is 444 g/mol. The largest absolute Gasteiger partial charge is 0.497 e. The van der Waals surface area contributed by atoms with E-state index in [0.717, 1.165) is 17.2 Å². The Kier molecular flexibility index (Phi) is 7.21. The van der Waals surface area contributed by atoms with Gasteiger partial charge in [-0.2, -0.15) is 0 Å². The molecule has 0 bridgehead atoms. The number of ether oxygens (including phenoxy) is 2. The number of benzene rings is 3. The van der Waals surface area contributed by atoms with Crippen LogP contribution in [0, 0.1) is 0 Å². The van der Waals surface area contributed by atoms with Crippen molar-refractivity contribution in [3.05, 3.63) is 78.9 Å². The Morgan fingerprint density at radius 3 is 2.25 bits per heavy atom. The second-order valence-electron chi connectivity index (χ2n) is 6.50. The van der Waals surface area contributed by atoms with Crippen LogP contribution in [0.5, 0.6) is 17.2 Å². The number of hydrogen-bond donors (Lipinski definition) is 2. The van der Waals surface area contributed by atoms with E-state index in [2.05, 4.69) is 20.8 Å². The highest BCUT2D eigenvalue weighted by Crippen LogP contribution is 2.28. The Morgan fingerprint density at radius 1 is 0.875 bits per heavy atom. The van der Waals surface area contributed by atoms with E-state index >= 15 is 0 Å². The highest BCUT2D eigenvalue weighted by molar-refractivity contribution is 8.01. The zero-order valence-corrected chi connectivity index (χ0v) is 18.8. The van der Waals surface area contributed by atoms with Gasteiger partial charge in [0.15, 0.2) is 4.34 Å². The lowest BCUT2D eigenvalue weighted by atomic mass is 10.3. The third-order valence-electron chi connectivity index (χ3n) is 4.19. The maximum Gasteiger partial charge on any atom is 0.234 e. The molecule has 2 N–H and O–H groups in total. The summed E-state index contributed by atoms with van der Waals surface area (Å²) in [4.78, 5) is 12.3. The summed E-state index contributed by atoms with van der Waals surface area (Å²) >= 11 is 2.73. The van der Waals surface area contributed by atoms with E-state index in [4.69, 9.17) is 9.47 Å². The molecular formula is C23H20N4O3S2. The van der Waals surface area contributed by atoms with E-state index in [1.165, 1.54) is 23.1 Å². The van der Waals surface area contributed by atoms with Gasteiger partial charge in [0.2, 0.25) is 11.0 Å². The topological polar surface area (TPSA) is 85.4 Å². The van der Waals surface area contributed by atoms with Gasteiger partial charge in [-0.05, 0) is 60.7 Å². The number of hydrogen-bond acceptors (Lipinski definition) is 8. The molecule has 0 spiro atoms. The van der Waals surface area contributed by atoms with Crippen LogP contribution in [0.1, 0.15) is 0 Å². The summed E-state index contributed by atoms with van der Waals surface area (Å²) in [5.41, 5.74) is 1.59. The van der Waals surface area contributed by atoms with Crippen LogP contribution in [0.3, 0.4) is 0 Å². The van der Waals surface area contributed by atoms with Crippen LogP contribution < -0.4 is 20.1 Å². The third-order valence-corrected chi connectivity index (χ3v) is 6.16. The number of carbonyl (C=O) groups excluding carboxylic acids is 1. The summed E-state index contributed by atoms with van der Waals surface area (Å²) in [6.45, 7) is 0. The highest BCUT2D eigenvalue weighted by atomic mass is 32.2. The van der Waals surface area contributed by atoms with E-state index in [0.29, 0.717) is 20.9 Å². The monoisotopic (exact) mass is 464 g/mol. The number of para-hydroxylation sites is 1. The number of nitrogens with zero attached hydrogens (tertiary/aromatic N) is 2. The fraction of sp³-hybridized carbons (Fsp3) is 0.0870. The van der Waals surface area contributed by atoms with Gasteiger partial charge in [-0.3, -0.25) is 4.79 Å². The Bertz CT molecular complexity index is 1150. The summed E-state index contributed by atoms with van der Waals surface area (Å²) in [5, 5.41) is 15.0. The van der Waals surface area contributed by atoms with Gasteiger partial charge in [0.1, 0.15) is 17.2 Å². The van der Waals surface area contributed by atoms with Gasteiger partial charge in [-0.1, -0.05) is 41.3 Å². The molecule has 3 aromatic carbocycles. The Hall–Kier alpha value is -3.56. The molecule has 9 heteroatoms. The molecule has 4 aromatic rings. The van der Waals surface area contributed by atoms with E-state index in [9.17, 15) is 4.79 Å². The smallest absolute Gasteiger partial charge is 0.234 e. The highest BCUT2D eigenvalue weighted by Gasteiger charge is 2.09. The molecule has 0 saturated heterocycles. The molecule has 1 aromatic heterocycles. The zero-order valence-electron chi connectivity index (χ0n) is 17.1. The van der Waals surface area contributed by atoms with Crippen molar-refractivity contribution in [3.8, 4) is 17.2 Å². The summed E-state index contributed by atoms with van der Waals surface area (Å²) in [6.07, 6.45) is 0. The molecule has 4 rings (SSSR count). The molecule has 1 heterocycles. The Morgan fingerprint density at radius 2 is 1.53 bits per heavy atom. The van der Waals surface area contributed by atoms with Crippen molar-refractivity contribution >= 4 is 45.5 Å². The molecule has 0 aliphatic carbocycles. The fourth-order valence-corrected chi connectivity index (χ4v) is 4.24. The van der Waals surface area contributed by atoms with Crippen LogP contribution >= 0.6 is 23.1 Å². The molecule has 0 fully saturated rings. The van der Waals surface area contributed by atoms with Crippen LogP contribution in [-0.2, 0) is 4.79 Å². The van der Waals surface area contributed by atoms with Crippen molar-refractivity contribution in [2.45, 2.75) is 4.34 Å².